The van der Waals surface area contributed by atoms with Crippen molar-refractivity contribution in [2.75, 3.05) is 7.11 Å². The summed E-state index contributed by atoms with van der Waals surface area (Å²) in [5, 5.41) is 19.3. The van der Waals surface area contributed by atoms with E-state index in [0.29, 0.717) is 17.7 Å². The summed E-state index contributed by atoms with van der Waals surface area (Å²) >= 11 is 0. The molecule has 0 spiro atoms. The number of methoxy groups -OCH3 is 1. The molecular weight excluding hydrogens is 230 g/mol. The topological polar surface area (TPSA) is 75.7 Å². The number of aliphatic hydroxyl groups is 1. The Labute approximate surface area is 101 Å². The number of nitrogens with two attached hydrogens (primary N) is 1. The summed E-state index contributed by atoms with van der Waals surface area (Å²) < 4.78 is 5.09. The summed E-state index contributed by atoms with van der Waals surface area (Å²) in [5.74, 6) is 0.546. The van der Waals surface area contributed by atoms with Crippen LogP contribution in [-0.4, -0.2) is 23.4 Å². The molecule has 0 bridgehead atoms. The number of rotatable bonds is 4. The number of halogens is 1. The van der Waals surface area contributed by atoms with Crippen LogP contribution in [0.2, 0.25) is 0 Å². The van der Waals surface area contributed by atoms with Gasteiger partial charge in [-0.25, -0.2) is 0 Å². The van der Waals surface area contributed by atoms with Gasteiger partial charge in [0.1, 0.15) is 11.5 Å². The van der Waals surface area contributed by atoms with Gasteiger partial charge >= 0.3 is 0 Å². The van der Waals surface area contributed by atoms with E-state index in [4.69, 9.17) is 10.5 Å². The second kappa shape index (κ2) is 6.58. The quantitative estimate of drug-likeness (QED) is 0.755. The molecule has 0 heterocycles. The minimum atomic E-state index is -0.688. The first-order valence-corrected chi connectivity index (χ1v) is 4.91. The van der Waals surface area contributed by atoms with Gasteiger partial charge in [-0.3, -0.25) is 0 Å². The van der Waals surface area contributed by atoms with Crippen LogP contribution in [-0.2, 0) is 0 Å². The average Bonchev–Trinajstić information content (AvgIpc) is 2.26. The van der Waals surface area contributed by atoms with E-state index >= 15 is 0 Å². The van der Waals surface area contributed by atoms with E-state index < -0.39 is 12.1 Å². The van der Waals surface area contributed by atoms with E-state index in [9.17, 15) is 10.2 Å². The number of aliphatic hydroxyl groups excluding tert-OH is 1. The zero-order chi connectivity index (χ0) is 11.4. The van der Waals surface area contributed by atoms with Crippen LogP contribution in [0, 0.1) is 0 Å². The van der Waals surface area contributed by atoms with Crippen LogP contribution in [0.5, 0.6) is 11.5 Å². The van der Waals surface area contributed by atoms with E-state index in [1.165, 1.54) is 13.2 Å². The lowest BCUT2D eigenvalue weighted by Gasteiger charge is -2.20. The fourth-order valence-corrected chi connectivity index (χ4v) is 1.49. The van der Waals surface area contributed by atoms with Gasteiger partial charge in [-0.1, -0.05) is 13.0 Å². The molecule has 0 fully saturated rings. The van der Waals surface area contributed by atoms with Crippen molar-refractivity contribution in [2.45, 2.75) is 25.5 Å². The summed E-state index contributed by atoms with van der Waals surface area (Å²) in [7, 11) is 1.50. The summed E-state index contributed by atoms with van der Waals surface area (Å²) in [6.45, 7) is 1.83. The first kappa shape index (κ1) is 15.0. The van der Waals surface area contributed by atoms with Gasteiger partial charge in [-0.15, -0.1) is 12.4 Å². The highest BCUT2D eigenvalue weighted by Gasteiger charge is 2.22. The number of phenolic OH excluding ortho intramolecular Hbond substituents is 1. The SMILES string of the molecule is CC[C@H](O)[C@H](N)c1c(O)cccc1OC.Cl. The summed E-state index contributed by atoms with van der Waals surface area (Å²) in [6, 6.07) is 4.27. The average molecular weight is 248 g/mol. The normalized spacial score (nSPS) is 13.8. The minimum absolute atomic E-state index is 0. The lowest BCUT2D eigenvalue weighted by molar-refractivity contribution is 0.138. The maximum atomic E-state index is 9.67. The molecule has 0 unspecified atom stereocenters. The van der Waals surface area contributed by atoms with Gasteiger partial charge in [-0.05, 0) is 18.6 Å². The molecule has 1 aromatic carbocycles. The predicted molar refractivity (Wildman–Crippen MR) is 65.1 cm³/mol. The van der Waals surface area contributed by atoms with Crippen molar-refractivity contribution in [1.29, 1.82) is 0 Å². The molecule has 0 radical (unpaired) electrons. The number of ether oxygens (including phenoxy) is 1. The second-order valence-electron chi connectivity index (χ2n) is 3.39. The number of hydrogen-bond donors (Lipinski definition) is 3. The van der Waals surface area contributed by atoms with E-state index in [1.54, 1.807) is 12.1 Å². The molecule has 4 nitrogen and oxygen atoms in total. The Bertz CT molecular complexity index is 333. The molecule has 4 N–H and O–H groups in total. The maximum Gasteiger partial charge on any atom is 0.127 e. The fraction of sp³-hybridized carbons (Fsp3) is 0.455. The van der Waals surface area contributed by atoms with E-state index in [1.807, 2.05) is 6.92 Å². The van der Waals surface area contributed by atoms with Gasteiger partial charge in [0.25, 0.3) is 0 Å². The summed E-state index contributed by atoms with van der Waals surface area (Å²) in [5.41, 5.74) is 6.29. The van der Waals surface area contributed by atoms with E-state index in [0.717, 1.165) is 0 Å². The molecule has 0 saturated carbocycles. The van der Waals surface area contributed by atoms with Gasteiger partial charge in [-0.2, -0.15) is 0 Å². The largest absolute Gasteiger partial charge is 0.507 e. The predicted octanol–water partition coefficient (Wildman–Crippen LogP) is 1.59. The number of phenols is 1. The third-order valence-electron chi connectivity index (χ3n) is 2.43. The first-order chi connectivity index (χ1) is 7.11. The summed E-state index contributed by atoms with van der Waals surface area (Å²) in [4.78, 5) is 0. The van der Waals surface area contributed by atoms with Crippen molar-refractivity contribution >= 4 is 12.4 Å². The third kappa shape index (κ3) is 3.01. The van der Waals surface area contributed by atoms with Crippen LogP contribution in [0.15, 0.2) is 18.2 Å². The molecular formula is C11H18ClNO3. The molecule has 0 saturated heterocycles. The lowest BCUT2D eigenvalue weighted by atomic mass is 9.99. The van der Waals surface area contributed by atoms with Crippen LogP contribution in [0.25, 0.3) is 0 Å². The molecule has 0 aliphatic heterocycles. The third-order valence-corrected chi connectivity index (χ3v) is 2.43. The number of benzene rings is 1. The van der Waals surface area contributed by atoms with Crippen LogP contribution < -0.4 is 10.5 Å². The van der Waals surface area contributed by atoms with Gasteiger partial charge in [0.05, 0.1) is 24.8 Å². The Morgan fingerprint density at radius 1 is 1.44 bits per heavy atom. The van der Waals surface area contributed by atoms with Gasteiger partial charge < -0.3 is 20.7 Å². The Kier molecular flexibility index (Phi) is 6.18. The van der Waals surface area contributed by atoms with Gasteiger partial charge in [0.2, 0.25) is 0 Å². The highest BCUT2D eigenvalue weighted by atomic mass is 35.5. The minimum Gasteiger partial charge on any atom is -0.507 e. The van der Waals surface area contributed by atoms with Crippen molar-refractivity contribution in [3.05, 3.63) is 23.8 Å². The lowest BCUT2D eigenvalue weighted by Crippen LogP contribution is -2.25. The number of hydrogen-bond acceptors (Lipinski definition) is 4. The van der Waals surface area contributed by atoms with Crippen molar-refractivity contribution in [2.24, 2.45) is 5.73 Å². The summed E-state index contributed by atoms with van der Waals surface area (Å²) in [6.07, 6.45) is -0.161. The molecule has 0 amide bonds. The molecule has 92 valence electrons. The molecule has 0 aliphatic rings. The van der Waals surface area contributed by atoms with E-state index in [-0.39, 0.29) is 18.2 Å². The zero-order valence-electron chi connectivity index (χ0n) is 9.38. The molecule has 5 heteroatoms. The molecule has 1 rings (SSSR count). The standard InChI is InChI=1S/C11H17NO3.ClH/c1-3-7(13)11(12)10-8(14)5-4-6-9(10)15-2;/h4-7,11,13-14H,3,12H2,1-2H3;1H/t7-,11-;/m0./s1. The molecule has 2 atom stereocenters. The molecule has 0 aromatic heterocycles. The van der Waals surface area contributed by atoms with E-state index in [2.05, 4.69) is 0 Å². The highest BCUT2D eigenvalue weighted by Crippen LogP contribution is 2.33. The Morgan fingerprint density at radius 3 is 2.56 bits per heavy atom. The van der Waals surface area contributed by atoms with Crippen molar-refractivity contribution < 1.29 is 14.9 Å². The van der Waals surface area contributed by atoms with Crippen molar-refractivity contribution in [3.8, 4) is 11.5 Å². The van der Waals surface area contributed by atoms with Gasteiger partial charge in [0.15, 0.2) is 0 Å². The number of aromatic hydroxyl groups is 1. The van der Waals surface area contributed by atoms with Crippen LogP contribution in [0.3, 0.4) is 0 Å². The Balaban J connectivity index is 0.00000225. The molecule has 0 aliphatic carbocycles. The van der Waals surface area contributed by atoms with Crippen molar-refractivity contribution in [1.82, 2.24) is 0 Å². The van der Waals surface area contributed by atoms with Crippen LogP contribution in [0.1, 0.15) is 24.9 Å². The Hall–Kier alpha value is -0.970. The molecule has 16 heavy (non-hydrogen) atoms. The maximum absolute atomic E-state index is 9.67. The zero-order valence-corrected chi connectivity index (χ0v) is 10.2. The van der Waals surface area contributed by atoms with Crippen LogP contribution >= 0.6 is 12.4 Å². The van der Waals surface area contributed by atoms with Crippen molar-refractivity contribution in [3.63, 3.8) is 0 Å². The highest BCUT2D eigenvalue weighted by molar-refractivity contribution is 5.85. The van der Waals surface area contributed by atoms with Crippen LogP contribution in [0.4, 0.5) is 0 Å². The fourth-order valence-electron chi connectivity index (χ4n) is 1.49. The smallest absolute Gasteiger partial charge is 0.127 e. The van der Waals surface area contributed by atoms with Gasteiger partial charge in [0, 0.05) is 0 Å². The monoisotopic (exact) mass is 247 g/mol. The second-order valence-corrected chi connectivity index (χ2v) is 3.39. The first-order valence-electron chi connectivity index (χ1n) is 4.91. The Morgan fingerprint density at radius 2 is 2.06 bits per heavy atom. The molecule has 1 aromatic rings.